The number of hydrogen-bond donors (Lipinski definition) is 1. The van der Waals surface area contributed by atoms with Gasteiger partial charge in [0.15, 0.2) is 0 Å². The molecule has 0 bridgehead atoms. The van der Waals surface area contributed by atoms with Crippen molar-refractivity contribution >= 4 is 0 Å². The van der Waals surface area contributed by atoms with E-state index in [0.29, 0.717) is 0 Å². The molecule has 0 saturated heterocycles. The van der Waals surface area contributed by atoms with Crippen LogP contribution in [0.4, 0.5) is 0 Å². The minimum Gasteiger partial charge on any atom is -0.319 e. The third-order valence-electron chi connectivity index (χ3n) is 2.14. The van der Waals surface area contributed by atoms with E-state index in [0.717, 1.165) is 18.4 Å². The Balaban J connectivity index is 3.32. The van der Waals surface area contributed by atoms with Gasteiger partial charge < -0.3 is 5.32 Å². The summed E-state index contributed by atoms with van der Waals surface area (Å²) in [5, 5.41) is 3.21. The van der Waals surface area contributed by atoms with Crippen molar-refractivity contribution in [1.29, 1.82) is 0 Å². The van der Waals surface area contributed by atoms with Gasteiger partial charge in [-0.05, 0) is 31.8 Å². The molecular weight excluding hydrogens is 134 g/mol. The lowest BCUT2D eigenvalue weighted by atomic mass is 9.94. The third kappa shape index (κ3) is 6.36. The van der Waals surface area contributed by atoms with E-state index in [1.807, 2.05) is 7.05 Å². The summed E-state index contributed by atoms with van der Waals surface area (Å²) < 4.78 is 0. The monoisotopic (exact) mass is 157 g/mol. The Bertz CT molecular complexity index is 70.9. The average Bonchev–Trinajstić information content (AvgIpc) is 1.87. The zero-order valence-electron chi connectivity index (χ0n) is 8.48. The molecule has 68 valence electrons. The van der Waals surface area contributed by atoms with E-state index in [4.69, 9.17) is 0 Å². The maximum Gasteiger partial charge on any atom is -0.00261 e. The highest BCUT2D eigenvalue weighted by atomic mass is 14.8. The van der Waals surface area contributed by atoms with Gasteiger partial charge in [0.1, 0.15) is 0 Å². The fourth-order valence-corrected chi connectivity index (χ4v) is 1.73. The Kier molecular flexibility index (Phi) is 6.63. The largest absolute Gasteiger partial charge is 0.319 e. The summed E-state index contributed by atoms with van der Waals surface area (Å²) in [6, 6.07) is 0. The highest BCUT2D eigenvalue weighted by molar-refractivity contribution is 4.60. The first-order valence-electron chi connectivity index (χ1n) is 4.85. The van der Waals surface area contributed by atoms with Crippen molar-refractivity contribution in [3.63, 3.8) is 0 Å². The van der Waals surface area contributed by atoms with Crippen molar-refractivity contribution in [2.24, 2.45) is 11.8 Å². The number of nitrogens with one attached hydrogen (secondary N) is 1. The van der Waals surface area contributed by atoms with Gasteiger partial charge in [-0.1, -0.05) is 33.6 Å². The Morgan fingerprint density at radius 2 is 1.82 bits per heavy atom. The van der Waals surface area contributed by atoms with Crippen molar-refractivity contribution in [2.45, 2.75) is 40.0 Å². The van der Waals surface area contributed by atoms with Gasteiger partial charge in [0.25, 0.3) is 0 Å². The molecule has 1 nitrogen and oxygen atoms in total. The Morgan fingerprint density at radius 3 is 2.27 bits per heavy atom. The summed E-state index contributed by atoms with van der Waals surface area (Å²) in [5.74, 6) is 1.74. The van der Waals surface area contributed by atoms with E-state index in [2.05, 4.69) is 26.1 Å². The SMILES string of the molecule is CCC[C@@H](C)CC(C)CNC. The summed E-state index contributed by atoms with van der Waals surface area (Å²) in [7, 11) is 2.03. The van der Waals surface area contributed by atoms with Crippen LogP contribution in [0.2, 0.25) is 0 Å². The molecule has 1 unspecified atom stereocenters. The van der Waals surface area contributed by atoms with E-state index >= 15 is 0 Å². The van der Waals surface area contributed by atoms with E-state index in [9.17, 15) is 0 Å². The molecule has 0 heterocycles. The number of rotatable bonds is 6. The summed E-state index contributed by atoms with van der Waals surface area (Å²) in [5.41, 5.74) is 0. The molecule has 0 saturated carbocycles. The molecule has 0 aromatic heterocycles. The summed E-state index contributed by atoms with van der Waals surface area (Å²) in [6.45, 7) is 8.10. The first-order chi connectivity index (χ1) is 5.20. The van der Waals surface area contributed by atoms with Crippen LogP contribution >= 0.6 is 0 Å². The van der Waals surface area contributed by atoms with Gasteiger partial charge in [-0.25, -0.2) is 0 Å². The van der Waals surface area contributed by atoms with Crippen LogP contribution in [0.15, 0.2) is 0 Å². The molecular formula is C10H23N. The average molecular weight is 157 g/mol. The molecule has 2 atom stereocenters. The molecule has 0 rings (SSSR count). The molecule has 0 aliphatic heterocycles. The van der Waals surface area contributed by atoms with Crippen LogP contribution in [-0.4, -0.2) is 13.6 Å². The molecule has 0 aliphatic carbocycles. The number of hydrogen-bond acceptors (Lipinski definition) is 1. The lowest BCUT2D eigenvalue weighted by Gasteiger charge is -2.15. The predicted octanol–water partition coefficient (Wildman–Crippen LogP) is 2.67. The highest BCUT2D eigenvalue weighted by Gasteiger charge is 2.06. The van der Waals surface area contributed by atoms with Gasteiger partial charge in [0.2, 0.25) is 0 Å². The van der Waals surface area contributed by atoms with Crippen LogP contribution in [0.1, 0.15) is 40.0 Å². The van der Waals surface area contributed by atoms with Gasteiger partial charge in [-0.2, -0.15) is 0 Å². The second kappa shape index (κ2) is 6.66. The highest BCUT2D eigenvalue weighted by Crippen LogP contribution is 2.15. The molecule has 0 radical (unpaired) electrons. The maximum atomic E-state index is 3.21. The summed E-state index contributed by atoms with van der Waals surface area (Å²) >= 11 is 0. The summed E-state index contributed by atoms with van der Waals surface area (Å²) in [4.78, 5) is 0. The minimum absolute atomic E-state index is 0.835. The Labute approximate surface area is 71.6 Å². The summed E-state index contributed by atoms with van der Waals surface area (Å²) in [6.07, 6.45) is 4.08. The lowest BCUT2D eigenvalue weighted by molar-refractivity contribution is 0.384. The standard InChI is InChI=1S/C10H23N/c1-5-6-9(2)7-10(3)8-11-4/h9-11H,5-8H2,1-4H3/t9-,10?/m1/s1. The van der Waals surface area contributed by atoms with E-state index < -0.39 is 0 Å². The van der Waals surface area contributed by atoms with Gasteiger partial charge in [-0.15, -0.1) is 0 Å². The quantitative estimate of drug-likeness (QED) is 0.625. The molecule has 0 spiro atoms. The Morgan fingerprint density at radius 1 is 1.18 bits per heavy atom. The zero-order chi connectivity index (χ0) is 8.69. The van der Waals surface area contributed by atoms with Crippen LogP contribution in [0, 0.1) is 11.8 Å². The van der Waals surface area contributed by atoms with E-state index in [1.54, 1.807) is 0 Å². The van der Waals surface area contributed by atoms with Crippen LogP contribution in [0.25, 0.3) is 0 Å². The molecule has 1 N–H and O–H groups in total. The van der Waals surface area contributed by atoms with Crippen molar-refractivity contribution in [3.05, 3.63) is 0 Å². The van der Waals surface area contributed by atoms with E-state index in [-0.39, 0.29) is 0 Å². The van der Waals surface area contributed by atoms with Crippen LogP contribution in [0.3, 0.4) is 0 Å². The minimum atomic E-state index is 0.835. The van der Waals surface area contributed by atoms with Gasteiger partial charge in [-0.3, -0.25) is 0 Å². The van der Waals surface area contributed by atoms with Crippen molar-refractivity contribution in [3.8, 4) is 0 Å². The second-order valence-electron chi connectivity index (χ2n) is 3.79. The van der Waals surface area contributed by atoms with Gasteiger partial charge >= 0.3 is 0 Å². The van der Waals surface area contributed by atoms with Crippen molar-refractivity contribution < 1.29 is 0 Å². The smallest absolute Gasteiger partial charge is 0.00261 e. The van der Waals surface area contributed by atoms with Crippen molar-refractivity contribution in [1.82, 2.24) is 5.32 Å². The fraction of sp³-hybridized carbons (Fsp3) is 1.00. The predicted molar refractivity (Wildman–Crippen MR) is 51.8 cm³/mol. The van der Waals surface area contributed by atoms with Gasteiger partial charge in [0.05, 0.1) is 0 Å². The maximum absolute atomic E-state index is 3.21. The molecule has 0 fully saturated rings. The normalized spacial score (nSPS) is 16.4. The van der Waals surface area contributed by atoms with Crippen LogP contribution in [-0.2, 0) is 0 Å². The molecule has 0 aromatic rings. The fourth-order valence-electron chi connectivity index (χ4n) is 1.73. The molecule has 0 amide bonds. The Hall–Kier alpha value is -0.0400. The van der Waals surface area contributed by atoms with Crippen LogP contribution in [0.5, 0.6) is 0 Å². The van der Waals surface area contributed by atoms with Crippen molar-refractivity contribution in [2.75, 3.05) is 13.6 Å². The first-order valence-corrected chi connectivity index (χ1v) is 4.85. The molecule has 0 aliphatic rings. The lowest BCUT2D eigenvalue weighted by Crippen LogP contribution is -2.18. The van der Waals surface area contributed by atoms with E-state index in [1.165, 1.54) is 19.3 Å². The van der Waals surface area contributed by atoms with Crippen LogP contribution < -0.4 is 5.32 Å². The van der Waals surface area contributed by atoms with Gasteiger partial charge in [0, 0.05) is 0 Å². The second-order valence-corrected chi connectivity index (χ2v) is 3.79. The topological polar surface area (TPSA) is 12.0 Å². The zero-order valence-corrected chi connectivity index (χ0v) is 8.48. The molecule has 0 aromatic carbocycles. The molecule has 11 heavy (non-hydrogen) atoms. The third-order valence-corrected chi connectivity index (χ3v) is 2.14. The molecule has 1 heteroatoms. The first kappa shape index (κ1) is 11.0.